The smallest absolute Gasteiger partial charge is 0.258 e. The number of nitrogens with one attached hydrogen (secondary N) is 1. The Balaban J connectivity index is 2.29. The Labute approximate surface area is 120 Å². The molecule has 110 valence electrons. The van der Waals surface area contributed by atoms with Crippen molar-refractivity contribution >= 4 is 11.6 Å². The van der Waals surface area contributed by atoms with Crippen LogP contribution in [0.1, 0.15) is 10.4 Å². The lowest BCUT2D eigenvalue weighted by molar-refractivity contribution is 0.102. The Morgan fingerprint density at radius 1 is 1.05 bits per heavy atom. The molecule has 1 N–H and O–H groups in total. The molecule has 0 fully saturated rings. The zero-order valence-corrected chi connectivity index (χ0v) is 11.4. The maximum atomic E-state index is 13.6. The zero-order valence-electron chi connectivity index (χ0n) is 11.4. The van der Waals surface area contributed by atoms with Gasteiger partial charge in [0.25, 0.3) is 5.91 Å². The van der Waals surface area contributed by atoms with Gasteiger partial charge in [0.1, 0.15) is 11.5 Å². The standard InChI is InChI=1S/C15H13F2NO3/c1-20-10-6-9(7-11(8-10)21-2)18-15(19)12-4-3-5-13(16)14(12)17/h3-8H,1-2H3,(H,18,19). The monoisotopic (exact) mass is 293 g/mol. The molecule has 0 aliphatic heterocycles. The fourth-order valence-electron chi connectivity index (χ4n) is 1.76. The van der Waals surface area contributed by atoms with Crippen LogP contribution in [0.4, 0.5) is 14.5 Å². The lowest BCUT2D eigenvalue weighted by atomic mass is 10.2. The van der Waals surface area contributed by atoms with E-state index in [2.05, 4.69) is 5.32 Å². The summed E-state index contributed by atoms with van der Waals surface area (Å²) < 4.78 is 36.8. The zero-order chi connectivity index (χ0) is 15.4. The van der Waals surface area contributed by atoms with E-state index in [0.29, 0.717) is 17.2 Å². The Hall–Kier alpha value is -2.63. The first-order valence-corrected chi connectivity index (χ1v) is 6.03. The van der Waals surface area contributed by atoms with Gasteiger partial charge >= 0.3 is 0 Å². The predicted molar refractivity (Wildman–Crippen MR) is 73.9 cm³/mol. The van der Waals surface area contributed by atoms with Gasteiger partial charge in [-0.1, -0.05) is 6.07 Å². The van der Waals surface area contributed by atoms with E-state index >= 15 is 0 Å². The third kappa shape index (κ3) is 3.28. The van der Waals surface area contributed by atoms with Crippen molar-refractivity contribution in [3.63, 3.8) is 0 Å². The minimum absolute atomic E-state index is 0.347. The van der Waals surface area contributed by atoms with Gasteiger partial charge in [0.2, 0.25) is 0 Å². The summed E-state index contributed by atoms with van der Waals surface area (Å²) in [5.74, 6) is -2.10. The fraction of sp³-hybridized carbons (Fsp3) is 0.133. The van der Waals surface area contributed by atoms with Gasteiger partial charge in [-0.3, -0.25) is 4.79 Å². The second-order valence-electron chi connectivity index (χ2n) is 4.16. The van der Waals surface area contributed by atoms with Crippen molar-refractivity contribution in [2.45, 2.75) is 0 Å². The molecule has 0 aliphatic rings. The van der Waals surface area contributed by atoms with Gasteiger partial charge in [-0.15, -0.1) is 0 Å². The fourth-order valence-corrected chi connectivity index (χ4v) is 1.76. The highest BCUT2D eigenvalue weighted by Gasteiger charge is 2.15. The van der Waals surface area contributed by atoms with Crippen LogP contribution in [0, 0.1) is 11.6 Å². The Morgan fingerprint density at radius 2 is 1.67 bits per heavy atom. The highest BCUT2D eigenvalue weighted by atomic mass is 19.2. The van der Waals surface area contributed by atoms with E-state index in [1.54, 1.807) is 6.07 Å². The SMILES string of the molecule is COc1cc(NC(=O)c2cccc(F)c2F)cc(OC)c1. The molecule has 0 aliphatic carbocycles. The first kappa shape index (κ1) is 14.8. The van der Waals surface area contributed by atoms with Crippen molar-refractivity contribution in [2.75, 3.05) is 19.5 Å². The molecule has 0 unspecified atom stereocenters. The molecule has 1 amide bonds. The summed E-state index contributed by atoms with van der Waals surface area (Å²) in [7, 11) is 2.93. The summed E-state index contributed by atoms with van der Waals surface area (Å²) in [5.41, 5.74) is -0.0309. The minimum atomic E-state index is -1.19. The summed E-state index contributed by atoms with van der Waals surface area (Å²) in [6, 6.07) is 8.11. The first-order chi connectivity index (χ1) is 10.0. The third-order valence-electron chi connectivity index (χ3n) is 2.81. The summed E-state index contributed by atoms with van der Waals surface area (Å²) in [6.45, 7) is 0. The van der Waals surface area contributed by atoms with Gasteiger partial charge in [0.15, 0.2) is 11.6 Å². The van der Waals surface area contributed by atoms with Crippen molar-refractivity contribution in [3.8, 4) is 11.5 Å². The van der Waals surface area contributed by atoms with Crippen LogP contribution in [0.5, 0.6) is 11.5 Å². The molecular formula is C15H13F2NO3. The highest BCUT2D eigenvalue weighted by molar-refractivity contribution is 6.04. The predicted octanol–water partition coefficient (Wildman–Crippen LogP) is 3.23. The quantitative estimate of drug-likeness (QED) is 0.941. The van der Waals surface area contributed by atoms with Gasteiger partial charge in [-0.25, -0.2) is 8.78 Å². The maximum Gasteiger partial charge on any atom is 0.258 e. The van der Waals surface area contributed by atoms with Gasteiger partial charge < -0.3 is 14.8 Å². The Morgan fingerprint density at radius 3 is 2.24 bits per heavy atom. The number of benzene rings is 2. The number of methoxy groups -OCH3 is 2. The van der Waals surface area contributed by atoms with Crippen LogP contribution < -0.4 is 14.8 Å². The number of hydrogen-bond acceptors (Lipinski definition) is 3. The first-order valence-electron chi connectivity index (χ1n) is 6.03. The van der Waals surface area contributed by atoms with Crippen molar-refractivity contribution in [2.24, 2.45) is 0 Å². The van der Waals surface area contributed by atoms with Gasteiger partial charge in [-0.2, -0.15) is 0 Å². The van der Waals surface area contributed by atoms with E-state index in [9.17, 15) is 13.6 Å². The molecule has 0 aromatic heterocycles. The molecule has 2 rings (SSSR count). The summed E-state index contributed by atoms with van der Waals surface area (Å²) in [4.78, 5) is 12.0. The maximum absolute atomic E-state index is 13.6. The lowest BCUT2D eigenvalue weighted by Gasteiger charge is -2.10. The van der Waals surface area contributed by atoms with E-state index in [1.165, 1.54) is 38.5 Å². The Bertz CT molecular complexity index is 652. The molecule has 0 radical (unpaired) electrons. The molecule has 21 heavy (non-hydrogen) atoms. The molecule has 0 saturated heterocycles. The van der Waals surface area contributed by atoms with Crippen molar-refractivity contribution in [1.29, 1.82) is 0 Å². The van der Waals surface area contributed by atoms with E-state index < -0.39 is 17.5 Å². The number of carbonyl (C=O) groups excluding carboxylic acids is 1. The summed E-state index contributed by atoms with van der Waals surface area (Å²) in [6.07, 6.45) is 0. The van der Waals surface area contributed by atoms with E-state index in [1.807, 2.05) is 0 Å². The number of anilines is 1. The van der Waals surface area contributed by atoms with E-state index in [-0.39, 0.29) is 5.56 Å². The highest BCUT2D eigenvalue weighted by Crippen LogP contribution is 2.26. The topological polar surface area (TPSA) is 47.6 Å². The normalized spacial score (nSPS) is 10.1. The molecule has 6 heteroatoms. The van der Waals surface area contributed by atoms with Gasteiger partial charge in [0.05, 0.1) is 19.8 Å². The van der Waals surface area contributed by atoms with Crippen molar-refractivity contribution in [1.82, 2.24) is 0 Å². The minimum Gasteiger partial charge on any atom is -0.497 e. The van der Waals surface area contributed by atoms with Crippen LogP contribution in [0.3, 0.4) is 0 Å². The molecule has 0 spiro atoms. The number of rotatable bonds is 4. The lowest BCUT2D eigenvalue weighted by Crippen LogP contribution is -2.14. The van der Waals surface area contributed by atoms with Crippen LogP contribution in [0.15, 0.2) is 36.4 Å². The number of carbonyl (C=O) groups is 1. The number of amides is 1. The van der Waals surface area contributed by atoms with Crippen LogP contribution in [0.2, 0.25) is 0 Å². The molecule has 0 saturated carbocycles. The largest absolute Gasteiger partial charge is 0.497 e. The average molecular weight is 293 g/mol. The molecular weight excluding hydrogens is 280 g/mol. The molecule has 2 aromatic rings. The summed E-state index contributed by atoms with van der Waals surface area (Å²) in [5, 5.41) is 2.47. The Kier molecular flexibility index (Phi) is 4.37. The van der Waals surface area contributed by atoms with Crippen LogP contribution in [-0.2, 0) is 0 Å². The molecule has 0 bridgehead atoms. The second kappa shape index (κ2) is 6.21. The molecule has 0 heterocycles. The number of ether oxygens (including phenoxy) is 2. The molecule has 4 nitrogen and oxygen atoms in total. The van der Waals surface area contributed by atoms with E-state index in [4.69, 9.17) is 9.47 Å². The second-order valence-corrected chi connectivity index (χ2v) is 4.16. The van der Waals surface area contributed by atoms with Crippen LogP contribution in [-0.4, -0.2) is 20.1 Å². The van der Waals surface area contributed by atoms with Crippen LogP contribution >= 0.6 is 0 Å². The van der Waals surface area contributed by atoms with Gasteiger partial charge in [-0.05, 0) is 12.1 Å². The third-order valence-corrected chi connectivity index (χ3v) is 2.81. The molecule has 2 aromatic carbocycles. The van der Waals surface area contributed by atoms with E-state index in [0.717, 1.165) is 6.07 Å². The average Bonchev–Trinajstić information content (AvgIpc) is 2.49. The number of halogens is 2. The van der Waals surface area contributed by atoms with Crippen LogP contribution in [0.25, 0.3) is 0 Å². The van der Waals surface area contributed by atoms with Crippen molar-refractivity contribution < 1.29 is 23.0 Å². The summed E-state index contributed by atoms with van der Waals surface area (Å²) >= 11 is 0. The number of hydrogen-bond donors (Lipinski definition) is 1. The molecule has 0 atom stereocenters. The van der Waals surface area contributed by atoms with Crippen molar-refractivity contribution in [3.05, 3.63) is 53.6 Å². The van der Waals surface area contributed by atoms with Gasteiger partial charge in [0, 0.05) is 23.9 Å².